The summed E-state index contributed by atoms with van der Waals surface area (Å²) in [4.78, 5) is 15.9. The number of fused-ring (bicyclic) bond motifs is 4. The Morgan fingerprint density at radius 2 is 0.855 bits per heavy atom. The first-order chi connectivity index (χ1) is 27.0. The standard InChI is InChI=1S/C52H37N3/c1-52(2)46-25-15-14-24-43(46)44-31-27-38(33-47(44)52)42-30-26-36-20-12-13-23-41(36)48(42)51-54-49(37-21-10-5-11-22-37)53-50(55-51)39-28-29-40(34-16-6-3-7-17-34)45(32-39)35-18-8-4-9-19-35/h3-33H,1-2H3. The van der Waals surface area contributed by atoms with Crippen molar-refractivity contribution >= 4 is 10.8 Å². The number of nitrogens with zero attached hydrogens (tertiary/aromatic N) is 3. The largest absolute Gasteiger partial charge is 0.208 e. The van der Waals surface area contributed by atoms with Crippen LogP contribution >= 0.6 is 0 Å². The van der Waals surface area contributed by atoms with Gasteiger partial charge in [0, 0.05) is 22.1 Å². The lowest BCUT2D eigenvalue weighted by Crippen LogP contribution is -2.14. The van der Waals surface area contributed by atoms with Crippen molar-refractivity contribution in [2.24, 2.45) is 0 Å². The SMILES string of the molecule is CC1(C)c2ccccc2-c2ccc(-c3ccc4ccccc4c3-c3nc(-c4ccccc4)nc(-c4ccc(-c5ccccc5)c(-c5ccccc5)c4)n3)cc21. The highest BCUT2D eigenvalue weighted by molar-refractivity contribution is 6.03. The molecule has 0 saturated carbocycles. The van der Waals surface area contributed by atoms with E-state index in [0.29, 0.717) is 17.5 Å². The third-order valence-corrected chi connectivity index (χ3v) is 11.2. The predicted molar refractivity (Wildman–Crippen MR) is 228 cm³/mol. The van der Waals surface area contributed by atoms with Crippen LogP contribution in [0.2, 0.25) is 0 Å². The van der Waals surface area contributed by atoms with Crippen LogP contribution in [-0.4, -0.2) is 15.0 Å². The second kappa shape index (κ2) is 13.2. The van der Waals surface area contributed by atoms with Crippen molar-refractivity contribution in [3.05, 3.63) is 199 Å². The van der Waals surface area contributed by atoms with Gasteiger partial charge in [-0.1, -0.05) is 190 Å². The van der Waals surface area contributed by atoms with Gasteiger partial charge in [-0.05, 0) is 78.5 Å². The number of aromatic nitrogens is 3. The average molecular weight is 704 g/mol. The van der Waals surface area contributed by atoms with Gasteiger partial charge in [-0.25, -0.2) is 15.0 Å². The maximum Gasteiger partial charge on any atom is 0.165 e. The van der Waals surface area contributed by atoms with E-state index < -0.39 is 0 Å². The van der Waals surface area contributed by atoms with E-state index in [1.54, 1.807) is 0 Å². The Bertz CT molecular complexity index is 2880. The fourth-order valence-electron chi connectivity index (χ4n) is 8.37. The predicted octanol–water partition coefficient (Wildman–Crippen LogP) is 13.3. The first kappa shape index (κ1) is 32.7. The van der Waals surface area contributed by atoms with Crippen LogP contribution in [0.25, 0.3) is 89.4 Å². The van der Waals surface area contributed by atoms with E-state index >= 15 is 0 Å². The molecular formula is C52H37N3. The molecule has 1 aliphatic rings. The summed E-state index contributed by atoms with van der Waals surface area (Å²) in [5.41, 5.74) is 14.9. The second-order valence-electron chi connectivity index (χ2n) is 14.8. The van der Waals surface area contributed by atoms with Crippen LogP contribution in [0.15, 0.2) is 188 Å². The van der Waals surface area contributed by atoms with Crippen LogP contribution < -0.4 is 0 Å². The monoisotopic (exact) mass is 703 g/mol. The molecule has 0 unspecified atom stereocenters. The molecule has 0 spiro atoms. The Morgan fingerprint density at radius 1 is 0.327 bits per heavy atom. The lowest BCUT2D eigenvalue weighted by atomic mass is 9.81. The highest BCUT2D eigenvalue weighted by atomic mass is 15.0. The molecule has 0 radical (unpaired) electrons. The van der Waals surface area contributed by atoms with Gasteiger partial charge in [0.25, 0.3) is 0 Å². The lowest BCUT2D eigenvalue weighted by Gasteiger charge is -2.22. The number of hydrogen-bond acceptors (Lipinski definition) is 3. The van der Waals surface area contributed by atoms with Crippen molar-refractivity contribution in [1.29, 1.82) is 0 Å². The van der Waals surface area contributed by atoms with Crippen molar-refractivity contribution in [1.82, 2.24) is 15.0 Å². The zero-order chi connectivity index (χ0) is 36.9. The molecule has 8 aromatic carbocycles. The summed E-state index contributed by atoms with van der Waals surface area (Å²) < 4.78 is 0. The van der Waals surface area contributed by atoms with Gasteiger partial charge in [-0.15, -0.1) is 0 Å². The molecule has 3 heteroatoms. The van der Waals surface area contributed by atoms with Gasteiger partial charge in [0.1, 0.15) is 0 Å². The summed E-state index contributed by atoms with van der Waals surface area (Å²) in [7, 11) is 0. The maximum absolute atomic E-state index is 5.38. The number of hydrogen-bond donors (Lipinski definition) is 0. The van der Waals surface area contributed by atoms with Crippen LogP contribution in [0.3, 0.4) is 0 Å². The van der Waals surface area contributed by atoms with Gasteiger partial charge in [0.15, 0.2) is 17.5 Å². The first-order valence-electron chi connectivity index (χ1n) is 18.9. The van der Waals surface area contributed by atoms with E-state index in [-0.39, 0.29) is 5.41 Å². The summed E-state index contributed by atoms with van der Waals surface area (Å²) in [5, 5.41) is 2.24. The molecule has 1 heterocycles. The highest BCUT2D eigenvalue weighted by Crippen LogP contribution is 2.50. The Morgan fingerprint density at radius 3 is 1.60 bits per heavy atom. The van der Waals surface area contributed by atoms with Gasteiger partial charge in [-0.2, -0.15) is 0 Å². The maximum atomic E-state index is 5.38. The Hall–Kier alpha value is -6.97. The fraction of sp³-hybridized carbons (Fsp3) is 0.0577. The summed E-state index contributed by atoms with van der Waals surface area (Å²) in [6.07, 6.45) is 0. The minimum absolute atomic E-state index is 0.123. The van der Waals surface area contributed by atoms with Crippen LogP contribution in [0.1, 0.15) is 25.0 Å². The molecule has 0 aliphatic heterocycles. The van der Waals surface area contributed by atoms with Crippen molar-refractivity contribution < 1.29 is 0 Å². The minimum atomic E-state index is -0.123. The summed E-state index contributed by atoms with van der Waals surface area (Å²) in [5.74, 6) is 1.91. The van der Waals surface area contributed by atoms with Crippen molar-refractivity contribution in [3.63, 3.8) is 0 Å². The highest BCUT2D eigenvalue weighted by Gasteiger charge is 2.35. The third kappa shape index (κ3) is 5.64. The average Bonchev–Trinajstić information content (AvgIpc) is 3.49. The van der Waals surface area contributed by atoms with Crippen LogP contribution in [0.5, 0.6) is 0 Å². The molecule has 1 aromatic heterocycles. The molecule has 0 bridgehead atoms. The zero-order valence-electron chi connectivity index (χ0n) is 30.7. The van der Waals surface area contributed by atoms with Gasteiger partial charge >= 0.3 is 0 Å². The first-order valence-corrected chi connectivity index (χ1v) is 18.9. The molecule has 9 aromatic rings. The number of benzene rings is 8. The summed E-state index contributed by atoms with van der Waals surface area (Å²) >= 11 is 0. The Kier molecular flexibility index (Phi) is 7.81. The van der Waals surface area contributed by atoms with Crippen LogP contribution in [-0.2, 0) is 5.41 Å². The molecule has 55 heavy (non-hydrogen) atoms. The third-order valence-electron chi connectivity index (χ3n) is 11.2. The molecule has 0 saturated heterocycles. The molecule has 10 rings (SSSR count). The topological polar surface area (TPSA) is 38.7 Å². The molecule has 260 valence electrons. The molecule has 1 aliphatic carbocycles. The molecule has 0 amide bonds. The molecule has 3 nitrogen and oxygen atoms in total. The Balaban J connectivity index is 1.21. The van der Waals surface area contributed by atoms with Gasteiger partial charge in [-0.3, -0.25) is 0 Å². The van der Waals surface area contributed by atoms with E-state index in [4.69, 9.17) is 15.0 Å². The van der Waals surface area contributed by atoms with E-state index in [1.165, 1.54) is 22.3 Å². The van der Waals surface area contributed by atoms with Crippen LogP contribution in [0.4, 0.5) is 0 Å². The lowest BCUT2D eigenvalue weighted by molar-refractivity contribution is 0.660. The normalized spacial score (nSPS) is 12.7. The fourth-order valence-corrected chi connectivity index (χ4v) is 8.37. The van der Waals surface area contributed by atoms with Gasteiger partial charge in [0.05, 0.1) is 0 Å². The summed E-state index contributed by atoms with van der Waals surface area (Å²) in [6.45, 7) is 4.67. The van der Waals surface area contributed by atoms with E-state index in [0.717, 1.165) is 60.8 Å². The Labute approximate surface area is 321 Å². The van der Waals surface area contributed by atoms with E-state index in [1.807, 2.05) is 18.2 Å². The number of rotatable bonds is 6. The molecular weight excluding hydrogens is 667 g/mol. The zero-order valence-corrected chi connectivity index (χ0v) is 30.7. The van der Waals surface area contributed by atoms with E-state index in [9.17, 15) is 0 Å². The quantitative estimate of drug-likeness (QED) is 0.173. The summed E-state index contributed by atoms with van der Waals surface area (Å²) in [6, 6.07) is 66.7. The second-order valence-corrected chi connectivity index (χ2v) is 14.8. The van der Waals surface area contributed by atoms with E-state index in [2.05, 4.69) is 184 Å². The van der Waals surface area contributed by atoms with Crippen molar-refractivity contribution in [2.75, 3.05) is 0 Å². The van der Waals surface area contributed by atoms with Crippen molar-refractivity contribution in [2.45, 2.75) is 19.3 Å². The molecule has 0 fully saturated rings. The van der Waals surface area contributed by atoms with Crippen LogP contribution in [0, 0.1) is 0 Å². The van der Waals surface area contributed by atoms with Gasteiger partial charge < -0.3 is 0 Å². The minimum Gasteiger partial charge on any atom is -0.208 e. The van der Waals surface area contributed by atoms with Gasteiger partial charge in [0.2, 0.25) is 0 Å². The van der Waals surface area contributed by atoms with Crippen molar-refractivity contribution in [3.8, 4) is 78.7 Å². The molecule has 0 N–H and O–H groups in total. The smallest absolute Gasteiger partial charge is 0.165 e. The molecule has 0 atom stereocenters.